The van der Waals surface area contributed by atoms with Gasteiger partial charge in [-0.1, -0.05) is 30.3 Å². The summed E-state index contributed by atoms with van der Waals surface area (Å²) in [4.78, 5) is 0. The zero-order chi connectivity index (χ0) is 13.9. The quantitative estimate of drug-likeness (QED) is 0.566. The average Bonchev–Trinajstić information content (AvgIpc) is 2.39. The molecule has 0 bridgehead atoms. The van der Waals surface area contributed by atoms with Crippen LogP contribution in [0.15, 0.2) is 30.3 Å². The molecule has 0 saturated carbocycles. The Morgan fingerprint density at radius 1 is 1.16 bits per heavy atom. The fourth-order valence-electron chi connectivity index (χ4n) is 1.62. The van der Waals surface area contributed by atoms with Gasteiger partial charge >= 0.3 is 0 Å². The van der Waals surface area contributed by atoms with Gasteiger partial charge in [0.2, 0.25) is 0 Å². The van der Waals surface area contributed by atoms with Crippen LogP contribution >= 0.6 is 12.2 Å². The molecule has 4 heteroatoms. The van der Waals surface area contributed by atoms with Crippen molar-refractivity contribution in [2.45, 2.75) is 32.8 Å². The second kappa shape index (κ2) is 9.75. The van der Waals surface area contributed by atoms with Crippen molar-refractivity contribution in [3.8, 4) is 0 Å². The van der Waals surface area contributed by atoms with E-state index in [4.69, 9.17) is 17.0 Å². The van der Waals surface area contributed by atoms with E-state index in [9.17, 15) is 0 Å². The van der Waals surface area contributed by atoms with E-state index in [1.807, 2.05) is 19.9 Å². The van der Waals surface area contributed by atoms with E-state index < -0.39 is 0 Å². The molecule has 1 aromatic carbocycles. The molecule has 3 nitrogen and oxygen atoms in total. The van der Waals surface area contributed by atoms with Gasteiger partial charge in [0.15, 0.2) is 5.11 Å². The smallest absolute Gasteiger partial charge is 0.166 e. The van der Waals surface area contributed by atoms with Crippen LogP contribution in [-0.4, -0.2) is 30.9 Å². The third-order valence-electron chi connectivity index (χ3n) is 2.60. The molecule has 0 atom stereocenters. The number of hydrogen-bond acceptors (Lipinski definition) is 2. The first-order valence-electron chi connectivity index (χ1n) is 6.85. The topological polar surface area (TPSA) is 33.3 Å². The maximum atomic E-state index is 5.46. The fourth-order valence-corrected chi connectivity index (χ4v) is 1.82. The van der Waals surface area contributed by atoms with Crippen molar-refractivity contribution < 1.29 is 4.74 Å². The average molecular weight is 280 g/mol. The van der Waals surface area contributed by atoms with Crippen LogP contribution in [0.2, 0.25) is 0 Å². The van der Waals surface area contributed by atoms with Gasteiger partial charge in [0.1, 0.15) is 0 Å². The van der Waals surface area contributed by atoms with Gasteiger partial charge in [-0.3, -0.25) is 0 Å². The molecule has 0 fully saturated rings. The molecule has 0 aliphatic heterocycles. The van der Waals surface area contributed by atoms with E-state index in [2.05, 4.69) is 34.9 Å². The first-order chi connectivity index (χ1) is 9.18. The van der Waals surface area contributed by atoms with Gasteiger partial charge in [0.05, 0.1) is 6.10 Å². The Bertz CT molecular complexity index is 354. The molecule has 106 valence electrons. The molecule has 0 amide bonds. The van der Waals surface area contributed by atoms with Crippen LogP contribution in [-0.2, 0) is 11.2 Å². The number of hydrogen-bond donors (Lipinski definition) is 2. The summed E-state index contributed by atoms with van der Waals surface area (Å²) in [6, 6.07) is 10.4. The minimum atomic E-state index is 0.302. The lowest BCUT2D eigenvalue weighted by Gasteiger charge is -2.11. The van der Waals surface area contributed by atoms with E-state index in [-0.39, 0.29) is 0 Å². The predicted octanol–water partition coefficient (Wildman–Crippen LogP) is 2.51. The van der Waals surface area contributed by atoms with Crippen LogP contribution in [0.5, 0.6) is 0 Å². The van der Waals surface area contributed by atoms with E-state index in [0.29, 0.717) is 6.10 Å². The lowest BCUT2D eigenvalue weighted by Crippen LogP contribution is -2.37. The molecule has 1 aromatic rings. The molecule has 0 heterocycles. The third-order valence-corrected chi connectivity index (χ3v) is 2.89. The molecule has 0 spiro atoms. The van der Waals surface area contributed by atoms with Crippen molar-refractivity contribution in [2.24, 2.45) is 0 Å². The first kappa shape index (κ1) is 15.9. The Morgan fingerprint density at radius 3 is 2.53 bits per heavy atom. The van der Waals surface area contributed by atoms with Crippen LogP contribution in [0.4, 0.5) is 0 Å². The number of rotatable bonds is 8. The standard InChI is InChI=1S/C15H24N2OS/c1-13(2)18-12-6-10-16-15(19)17-11-9-14-7-4-3-5-8-14/h3-5,7-8,13H,6,9-12H2,1-2H3,(H2,16,17,19). The SMILES string of the molecule is CC(C)OCCCNC(=S)NCCc1ccccc1. The Balaban J connectivity index is 1.99. The molecule has 0 unspecified atom stereocenters. The number of nitrogens with one attached hydrogen (secondary N) is 2. The first-order valence-corrected chi connectivity index (χ1v) is 7.26. The highest BCUT2D eigenvalue weighted by atomic mass is 32.1. The molecule has 0 aromatic heterocycles. The molecule has 1 rings (SSSR count). The second-order valence-corrected chi connectivity index (χ2v) is 5.10. The van der Waals surface area contributed by atoms with Crippen molar-refractivity contribution in [1.29, 1.82) is 0 Å². The summed E-state index contributed by atoms with van der Waals surface area (Å²) in [6.07, 6.45) is 2.26. The molecular weight excluding hydrogens is 256 g/mol. The Kier molecular flexibility index (Phi) is 8.18. The zero-order valence-corrected chi connectivity index (χ0v) is 12.6. The van der Waals surface area contributed by atoms with Gasteiger partial charge in [-0.05, 0) is 44.5 Å². The van der Waals surface area contributed by atoms with Crippen molar-refractivity contribution in [3.05, 3.63) is 35.9 Å². The summed E-state index contributed by atoms with van der Waals surface area (Å²) in [5.41, 5.74) is 1.32. The monoisotopic (exact) mass is 280 g/mol. The van der Waals surface area contributed by atoms with E-state index in [0.717, 1.165) is 37.7 Å². The Labute approximate surface area is 121 Å². The Hall–Kier alpha value is -1.13. The zero-order valence-electron chi connectivity index (χ0n) is 11.8. The Morgan fingerprint density at radius 2 is 1.84 bits per heavy atom. The van der Waals surface area contributed by atoms with Crippen molar-refractivity contribution in [3.63, 3.8) is 0 Å². The van der Waals surface area contributed by atoms with E-state index >= 15 is 0 Å². The number of benzene rings is 1. The van der Waals surface area contributed by atoms with E-state index in [1.54, 1.807) is 0 Å². The maximum absolute atomic E-state index is 5.46. The molecular formula is C15H24N2OS. The molecule has 2 N–H and O–H groups in total. The van der Waals surface area contributed by atoms with Gasteiger partial charge in [0, 0.05) is 19.7 Å². The normalized spacial score (nSPS) is 10.5. The second-order valence-electron chi connectivity index (χ2n) is 4.69. The van der Waals surface area contributed by atoms with Crippen molar-refractivity contribution in [2.75, 3.05) is 19.7 Å². The summed E-state index contributed by atoms with van der Waals surface area (Å²) >= 11 is 5.21. The molecule has 19 heavy (non-hydrogen) atoms. The molecule has 0 aliphatic rings. The van der Waals surface area contributed by atoms with Crippen molar-refractivity contribution in [1.82, 2.24) is 10.6 Å². The maximum Gasteiger partial charge on any atom is 0.166 e. The van der Waals surface area contributed by atoms with E-state index in [1.165, 1.54) is 5.56 Å². The van der Waals surface area contributed by atoms with Gasteiger partial charge in [-0.2, -0.15) is 0 Å². The lowest BCUT2D eigenvalue weighted by atomic mass is 10.1. The summed E-state index contributed by atoms with van der Waals surface area (Å²) in [6.45, 7) is 6.58. The van der Waals surface area contributed by atoms with Crippen LogP contribution in [0, 0.1) is 0 Å². The highest BCUT2D eigenvalue weighted by Gasteiger charge is 1.97. The largest absolute Gasteiger partial charge is 0.379 e. The van der Waals surface area contributed by atoms with Crippen molar-refractivity contribution >= 4 is 17.3 Å². The minimum absolute atomic E-state index is 0.302. The third kappa shape index (κ3) is 8.56. The fraction of sp³-hybridized carbons (Fsp3) is 0.533. The van der Waals surface area contributed by atoms with Crippen LogP contribution in [0.25, 0.3) is 0 Å². The van der Waals surface area contributed by atoms with Gasteiger partial charge in [-0.25, -0.2) is 0 Å². The number of thiocarbonyl (C=S) groups is 1. The highest BCUT2D eigenvalue weighted by molar-refractivity contribution is 7.80. The van der Waals surface area contributed by atoms with Crippen LogP contribution in [0.3, 0.4) is 0 Å². The van der Waals surface area contributed by atoms with Crippen LogP contribution in [0.1, 0.15) is 25.8 Å². The van der Waals surface area contributed by atoms with Gasteiger partial charge < -0.3 is 15.4 Å². The van der Waals surface area contributed by atoms with Crippen LogP contribution < -0.4 is 10.6 Å². The van der Waals surface area contributed by atoms with Gasteiger partial charge in [-0.15, -0.1) is 0 Å². The highest BCUT2D eigenvalue weighted by Crippen LogP contribution is 1.97. The molecule has 0 aliphatic carbocycles. The summed E-state index contributed by atoms with van der Waals surface area (Å²) < 4.78 is 5.46. The molecule has 0 saturated heterocycles. The predicted molar refractivity (Wildman–Crippen MR) is 84.5 cm³/mol. The summed E-state index contributed by atoms with van der Waals surface area (Å²) in [5.74, 6) is 0. The number of ether oxygens (including phenoxy) is 1. The summed E-state index contributed by atoms with van der Waals surface area (Å²) in [7, 11) is 0. The summed E-state index contributed by atoms with van der Waals surface area (Å²) in [5, 5.41) is 7.12. The minimum Gasteiger partial charge on any atom is -0.379 e. The lowest BCUT2D eigenvalue weighted by molar-refractivity contribution is 0.0777. The molecule has 0 radical (unpaired) electrons. The van der Waals surface area contributed by atoms with Gasteiger partial charge in [0.25, 0.3) is 0 Å².